The third kappa shape index (κ3) is 4.88. The van der Waals surface area contributed by atoms with Crippen molar-refractivity contribution < 1.29 is 14.3 Å². The topological polar surface area (TPSA) is 98.2 Å². The number of thioether (sulfide) groups is 1. The number of aryl methyl sites for hydroxylation is 2. The number of nitrogens with zero attached hydrogens (tertiary/aromatic N) is 2. The van der Waals surface area contributed by atoms with Crippen molar-refractivity contribution in [1.29, 1.82) is 0 Å². The summed E-state index contributed by atoms with van der Waals surface area (Å²) in [7, 11) is 3.09. The molecular weight excluding hydrogens is 440 g/mol. The summed E-state index contributed by atoms with van der Waals surface area (Å²) < 4.78 is 12.0. The van der Waals surface area contributed by atoms with Crippen LogP contribution in [0, 0.1) is 13.8 Å². The average molecular weight is 465 g/mol. The van der Waals surface area contributed by atoms with E-state index in [1.54, 1.807) is 32.4 Å². The summed E-state index contributed by atoms with van der Waals surface area (Å²) in [6.45, 7) is 3.86. The van der Waals surface area contributed by atoms with Gasteiger partial charge in [-0.3, -0.25) is 14.2 Å². The fourth-order valence-electron chi connectivity index (χ4n) is 3.40. The van der Waals surface area contributed by atoms with E-state index in [4.69, 9.17) is 9.47 Å². The number of amides is 1. The van der Waals surface area contributed by atoms with Gasteiger partial charge in [0.05, 0.1) is 31.2 Å². The lowest BCUT2D eigenvalue weighted by molar-refractivity contribution is -0.113. The van der Waals surface area contributed by atoms with E-state index in [2.05, 4.69) is 15.3 Å². The van der Waals surface area contributed by atoms with E-state index >= 15 is 0 Å². The number of benzene rings is 2. The fraction of sp³-hybridized carbons (Fsp3) is 0.208. The molecule has 8 nitrogen and oxygen atoms in total. The molecule has 2 heterocycles. The molecule has 4 aromatic rings. The number of methoxy groups -OCH3 is 2. The standard InChI is InChI=1S/C24H24N4O4S/c1-14-5-7-17(8-6-14)28-23(30)22-20(9-15(2)25-22)27-24(28)33-13-21(29)26-16-10-18(31-3)12-19(11-16)32-4/h5-12,25H,13H2,1-4H3,(H,26,29). The van der Waals surface area contributed by atoms with Gasteiger partial charge in [0, 0.05) is 29.6 Å². The van der Waals surface area contributed by atoms with Crippen molar-refractivity contribution in [2.45, 2.75) is 19.0 Å². The van der Waals surface area contributed by atoms with E-state index in [0.717, 1.165) is 11.3 Å². The highest BCUT2D eigenvalue weighted by Crippen LogP contribution is 2.27. The summed E-state index contributed by atoms with van der Waals surface area (Å²) in [6.07, 6.45) is 0. The van der Waals surface area contributed by atoms with Crippen LogP contribution < -0.4 is 20.3 Å². The van der Waals surface area contributed by atoms with Gasteiger partial charge in [-0.15, -0.1) is 0 Å². The van der Waals surface area contributed by atoms with Crippen molar-refractivity contribution in [1.82, 2.24) is 14.5 Å². The third-order valence-electron chi connectivity index (χ3n) is 5.02. The summed E-state index contributed by atoms with van der Waals surface area (Å²) in [6, 6.07) is 14.6. The van der Waals surface area contributed by atoms with Gasteiger partial charge >= 0.3 is 0 Å². The molecule has 0 bridgehead atoms. The first-order valence-electron chi connectivity index (χ1n) is 10.2. The van der Waals surface area contributed by atoms with E-state index < -0.39 is 0 Å². The average Bonchev–Trinajstić information content (AvgIpc) is 3.19. The molecule has 2 N–H and O–H groups in total. The molecule has 9 heteroatoms. The molecule has 2 aromatic heterocycles. The Balaban J connectivity index is 1.63. The number of hydrogen-bond donors (Lipinski definition) is 2. The molecule has 0 unspecified atom stereocenters. The van der Waals surface area contributed by atoms with Gasteiger partial charge < -0.3 is 19.8 Å². The van der Waals surface area contributed by atoms with Gasteiger partial charge in [0.25, 0.3) is 5.56 Å². The number of carbonyl (C=O) groups excluding carboxylic acids is 1. The Kier molecular flexibility index (Phi) is 6.41. The molecule has 4 rings (SSSR count). The second kappa shape index (κ2) is 9.41. The molecule has 0 saturated heterocycles. The van der Waals surface area contributed by atoms with Crippen LogP contribution in [0.15, 0.2) is 58.5 Å². The van der Waals surface area contributed by atoms with Gasteiger partial charge in [-0.25, -0.2) is 4.98 Å². The second-order valence-corrected chi connectivity index (χ2v) is 8.46. The Morgan fingerprint density at radius 2 is 1.73 bits per heavy atom. The second-order valence-electron chi connectivity index (χ2n) is 7.52. The zero-order valence-electron chi connectivity index (χ0n) is 18.8. The van der Waals surface area contributed by atoms with Gasteiger partial charge in [-0.2, -0.15) is 0 Å². The van der Waals surface area contributed by atoms with Gasteiger partial charge in [-0.05, 0) is 32.0 Å². The smallest absolute Gasteiger partial charge is 0.283 e. The summed E-state index contributed by atoms with van der Waals surface area (Å²) >= 11 is 1.20. The Morgan fingerprint density at radius 3 is 2.36 bits per heavy atom. The van der Waals surface area contributed by atoms with Crippen LogP contribution in [0.3, 0.4) is 0 Å². The number of hydrogen-bond acceptors (Lipinski definition) is 6. The first kappa shape index (κ1) is 22.5. The molecule has 33 heavy (non-hydrogen) atoms. The number of fused-ring (bicyclic) bond motifs is 1. The molecule has 0 radical (unpaired) electrons. The first-order valence-corrected chi connectivity index (χ1v) is 11.2. The normalized spacial score (nSPS) is 10.9. The zero-order chi connectivity index (χ0) is 23.5. The van der Waals surface area contributed by atoms with Crippen LogP contribution in [0.5, 0.6) is 11.5 Å². The lowest BCUT2D eigenvalue weighted by Gasteiger charge is -2.13. The van der Waals surface area contributed by atoms with E-state index in [0.29, 0.717) is 39.1 Å². The number of carbonyl (C=O) groups is 1. The SMILES string of the molecule is COc1cc(NC(=O)CSc2nc3cc(C)[nH]c3c(=O)n2-c2ccc(C)cc2)cc(OC)c1. The lowest BCUT2D eigenvalue weighted by atomic mass is 10.2. The van der Waals surface area contributed by atoms with Crippen LogP contribution in [0.4, 0.5) is 5.69 Å². The lowest BCUT2D eigenvalue weighted by Crippen LogP contribution is -2.23. The number of nitrogens with one attached hydrogen (secondary N) is 2. The summed E-state index contributed by atoms with van der Waals surface area (Å²) in [5.74, 6) is 0.957. The molecule has 0 atom stereocenters. The quantitative estimate of drug-likeness (QED) is 0.316. The van der Waals surface area contributed by atoms with Gasteiger partial charge in [-0.1, -0.05) is 29.5 Å². The van der Waals surface area contributed by atoms with Crippen molar-refractivity contribution in [3.8, 4) is 17.2 Å². The van der Waals surface area contributed by atoms with Crippen LogP contribution in [-0.4, -0.2) is 40.4 Å². The Morgan fingerprint density at radius 1 is 1.06 bits per heavy atom. The van der Waals surface area contributed by atoms with Crippen molar-refractivity contribution in [2.24, 2.45) is 0 Å². The number of anilines is 1. The number of aromatic amines is 1. The molecule has 0 aliphatic heterocycles. The fourth-order valence-corrected chi connectivity index (χ4v) is 4.22. The summed E-state index contributed by atoms with van der Waals surface area (Å²) in [5.41, 5.74) is 3.96. The number of aromatic nitrogens is 3. The number of ether oxygens (including phenoxy) is 2. The maximum absolute atomic E-state index is 13.3. The largest absolute Gasteiger partial charge is 0.497 e. The highest BCUT2D eigenvalue weighted by atomic mass is 32.2. The van der Waals surface area contributed by atoms with Crippen LogP contribution in [0.1, 0.15) is 11.3 Å². The molecular formula is C24H24N4O4S. The van der Waals surface area contributed by atoms with Crippen molar-refractivity contribution >= 4 is 34.4 Å². The van der Waals surface area contributed by atoms with Crippen LogP contribution in [0.2, 0.25) is 0 Å². The van der Waals surface area contributed by atoms with Gasteiger partial charge in [0.15, 0.2) is 5.16 Å². The molecule has 170 valence electrons. The number of rotatable bonds is 7. The molecule has 2 aromatic carbocycles. The highest BCUT2D eigenvalue weighted by Gasteiger charge is 2.16. The van der Waals surface area contributed by atoms with E-state index in [1.165, 1.54) is 16.3 Å². The van der Waals surface area contributed by atoms with Crippen LogP contribution in [0.25, 0.3) is 16.7 Å². The predicted octanol–water partition coefficient (Wildman–Crippen LogP) is 4.08. The maximum Gasteiger partial charge on any atom is 0.283 e. The molecule has 1 amide bonds. The van der Waals surface area contributed by atoms with Crippen molar-refractivity contribution in [3.05, 3.63) is 70.1 Å². The highest BCUT2D eigenvalue weighted by molar-refractivity contribution is 7.99. The minimum atomic E-state index is -0.245. The number of H-pyrrole nitrogens is 1. The van der Waals surface area contributed by atoms with E-state index in [1.807, 2.05) is 44.2 Å². The molecule has 0 fully saturated rings. The molecule has 0 aliphatic carbocycles. The molecule has 0 spiro atoms. The monoisotopic (exact) mass is 464 g/mol. The summed E-state index contributed by atoms with van der Waals surface area (Å²) in [5, 5.41) is 3.28. The third-order valence-corrected chi connectivity index (χ3v) is 5.95. The van der Waals surface area contributed by atoms with E-state index in [9.17, 15) is 9.59 Å². The van der Waals surface area contributed by atoms with Crippen molar-refractivity contribution in [2.75, 3.05) is 25.3 Å². The molecule has 0 aliphatic rings. The van der Waals surface area contributed by atoms with Crippen LogP contribution in [-0.2, 0) is 4.79 Å². The summed E-state index contributed by atoms with van der Waals surface area (Å²) in [4.78, 5) is 33.7. The van der Waals surface area contributed by atoms with Gasteiger partial charge in [0.1, 0.15) is 17.0 Å². The van der Waals surface area contributed by atoms with Gasteiger partial charge in [0.2, 0.25) is 5.91 Å². The Bertz CT molecular complexity index is 1350. The first-order chi connectivity index (χ1) is 15.9. The minimum absolute atomic E-state index is 0.0622. The predicted molar refractivity (Wildman–Crippen MR) is 130 cm³/mol. The van der Waals surface area contributed by atoms with Crippen molar-refractivity contribution in [3.63, 3.8) is 0 Å². The maximum atomic E-state index is 13.3. The Hall–Kier alpha value is -3.72. The van der Waals surface area contributed by atoms with E-state index in [-0.39, 0.29) is 17.2 Å². The molecule has 0 saturated carbocycles. The minimum Gasteiger partial charge on any atom is -0.497 e. The zero-order valence-corrected chi connectivity index (χ0v) is 19.6. The van der Waals surface area contributed by atoms with Crippen LogP contribution >= 0.6 is 11.8 Å². The Labute approximate surface area is 194 Å².